The number of carboxylic acid groups (broad SMARTS) is 1. The molecule has 0 aliphatic carbocycles. The Labute approximate surface area is 115 Å². The average molecular weight is 278 g/mol. The van der Waals surface area contributed by atoms with Gasteiger partial charge in [0.05, 0.1) is 23.6 Å². The lowest BCUT2D eigenvalue weighted by molar-refractivity contribution is -0.139. The van der Waals surface area contributed by atoms with Crippen LogP contribution in [0.4, 0.5) is 0 Å². The Morgan fingerprint density at radius 3 is 2.60 bits per heavy atom. The predicted molar refractivity (Wildman–Crippen MR) is 74.5 cm³/mol. The highest BCUT2D eigenvalue weighted by Crippen LogP contribution is 2.33. The van der Waals surface area contributed by atoms with E-state index < -0.39 is 17.5 Å². The molecule has 0 amide bonds. The molecule has 0 radical (unpaired) electrons. The highest BCUT2D eigenvalue weighted by Gasteiger charge is 2.26. The largest absolute Gasteiger partial charge is 0.481 e. The van der Waals surface area contributed by atoms with Gasteiger partial charge in [-0.2, -0.15) is 0 Å². The third-order valence-corrected chi connectivity index (χ3v) is 3.30. The maximum absolute atomic E-state index is 11.2. The summed E-state index contributed by atoms with van der Waals surface area (Å²) >= 11 is 0. The number of H-pyrrole nitrogens is 2. The summed E-state index contributed by atoms with van der Waals surface area (Å²) in [4.78, 5) is 27.2. The van der Waals surface area contributed by atoms with Crippen molar-refractivity contribution in [2.75, 3.05) is 0 Å². The molecule has 0 spiro atoms. The van der Waals surface area contributed by atoms with E-state index in [0.29, 0.717) is 23.0 Å². The molecule has 4 N–H and O–H groups in total. The molecule has 2 rings (SSSR count). The molecule has 0 bridgehead atoms. The van der Waals surface area contributed by atoms with Gasteiger partial charge in [-0.1, -0.05) is 19.9 Å². The van der Waals surface area contributed by atoms with Crippen molar-refractivity contribution in [2.45, 2.75) is 32.8 Å². The Hall–Kier alpha value is -2.08. The molecule has 6 nitrogen and oxygen atoms in total. The van der Waals surface area contributed by atoms with Crippen LogP contribution < -0.4 is 5.69 Å². The van der Waals surface area contributed by atoms with Crippen LogP contribution in [0, 0.1) is 5.41 Å². The first kappa shape index (κ1) is 14.3. The number of hydrogen-bond donors (Lipinski definition) is 4. The zero-order valence-corrected chi connectivity index (χ0v) is 11.4. The number of aliphatic hydroxyl groups excluding tert-OH is 1. The van der Waals surface area contributed by atoms with Crippen LogP contribution >= 0.6 is 0 Å². The zero-order valence-electron chi connectivity index (χ0n) is 11.4. The fourth-order valence-electron chi connectivity index (χ4n) is 2.38. The lowest BCUT2D eigenvalue weighted by atomic mass is 9.82. The minimum Gasteiger partial charge on any atom is -0.481 e. The number of nitrogens with one attached hydrogen (secondary N) is 2. The Morgan fingerprint density at radius 1 is 1.30 bits per heavy atom. The van der Waals surface area contributed by atoms with E-state index in [1.165, 1.54) is 0 Å². The number of benzene rings is 1. The topological polar surface area (TPSA) is 106 Å². The second kappa shape index (κ2) is 5.13. The van der Waals surface area contributed by atoms with Crippen LogP contribution in [0.2, 0.25) is 0 Å². The molecular formula is C14H18N2O4. The lowest BCUT2D eigenvalue weighted by Gasteiger charge is -2.25. The number of rotatable bonds is 5. The quantitative estimate of drug-likeness (QED) is 0.668. The van der Waals surface area contributed by atoms with E-state index in [2.05, 4.69) is 9.97 Å². The fourth-order valence-corrected chi connectivity index (χ4v) is 2.38. The molecule has 0 fully saturated rings. The number of carbonyl (C=O) groups is 1. The summed E-state index contributed by atoms with van der Waals surface area (Å²) in [5.41, 5.74) is 1.16. The summed E-state index contributed by atoms with van der Waals surface area (Å²) in [5, 5.41) is 19.1. The van der Waals surface area contributed by atoms with Crippen molar-refractivity contribution < 1.29 is 15.0 Å². The van der Waals surface area contributed by atoms with E-state index in [0.717, 1.165) is 0 Å². The first-order chi connectivity index (χ1) is 9.27. The van der Waals surface area contributed by atoms with E-state index in [9.17, 15) is 14.7 Å². The maximum Gasteiger partial charge on any atom is 0.323 e. The van der Waals surface area contributed by atoms with Gasteiger partial charge in [0.25, 0.3) is 0 Å². The van der Waals surface area contributed by atoms with Crippen LogP contribution in [-0.4, -0.2) is 26.2 Å². The number of aliphatic hydroxyl groups is 1. The fraction of sp³-hybridized carbons (Fsp3) is 0.429. The number of fused-ring (bicyclic) bond motifs is 1. The molecule has 0 aliphatic rings. The van der Waals surface area contributed by atoms with Gasteiger partial charge in [0.15, 0.2) is 0 Å². The minimum atomic E-state index is -0.882. The summed E-state index contributed by atoms with van der Waals surface area (Å²) in [5.74, 6) is -0.882. The summed E-state index contributed by atoms with van der Waals surface area (Å²) in [7, 11) is 0. The minimum absolute atomic E-state index is 0.00665. The number of aliphatic carboxylic acids is 1. The van der Waals surface area contributed by atoms with Crippen LogP contribution in [0.1, 0.15) is 38.4 Å². The molecule has 108 valence electrons. The van der Waals surface area contributed by atoms with Crippen LogP contribution in [0.15, 0.2) is 23.0 Å². The maximum atomic E-state index is 11.2. The van der Waals surface area contributed by atoms with Crippen LogP contribution in [0.5, 0.6) is 0 Å². The highest BCUT2D eigenvalue weighted by atomic mass is 16.4. The van der Waals surface area contributed by atoms with E-state index in [1.807, 2.05) is 0 Å². The normalized spacial score (nSPS) is 13.6. The van der Waals surface area contributed by atoms with Crippen molar-refractivity contribution in [3.05, 3.63) is 34.2 Å². The van der Waals surface area contributed by atoms with Crippen LogP contribution in [0.25, 0.3) is 11.0 Å². The van der Waals surface area contributed by atoms with Crippen molar-refractivity contribution >= 4 is 17.0 Å². The molecule has 20 heavy (non-hydrogen) atoms. The molecule has 1 aromatic heterocycles. The third-order valence-electron chi connectivity index (χ3n) is 3.30. The number of imidazole rings is 1. The predicted octanol–water partition coefficient (Wildman–Crippen LogP) is 1.78. The number of aromatic nitrogens is 2. The molecule has 1 atom stereocenters. The summed E-state index contributed by atoms with van der Waals surface area (Å²) in [6.45, 7) is 3.61. The number of hydrogen-bond acceptors (Lipinski definition) is 3. The Kier molecular flexibility index (Phi) is 3.67. The molecular weight excluding hydrogens is 260 g/mol. The molecule has 1 unspecified atom stereocenters. The van der Waals surface area contributed by atoms with Crippen molar-refractivity contribution in [2.24, 2.45) is 5.41 Å². The van der Waals surface area contributed by atoms with Crippen molar-refractivity contribution in [1.29, 1.82) is 0 Å². The lowest BCUT2D eigenvalue weighted by Crippen LogP contribution is -2.20. The van der Waals surface area contributed by atoms with Gasteiger partial charge in [0, 0.05) is 0 Å². The monoisotopic (exact) mass is 278 g/mol. The van der Waals surface area contributed by atoms with Gasteiger partial charge in [0.2, 0.25) is 0 Å². The molecule has 0 saturated heterocycles. The Bertz CT molecular complexity index is 684. The molecule has 6 heteroatoms. The second-order valence-electron chi connectivity index (χ2n) is 5.84. The number of aromatic amines is 2. The third kappa shape index (κ3) is 3.27. The SMILES string of the molecule is CC(C)(CC(=O)O)CC(O)c1ccc2[nH]c(=O)[nH]c2c1. The summed E-state index contributed by atoms with van der Waals surface area (Å²) in [6, 6.07) is 5.15. The average Bonchev–Trinajstić information content (AvgIpc) is 2.64. The van der Waals surface area contributed by atoms with Gasteiger partial charge in [0.1, 0.15) is 0 Å². The standard InChI is InChI=1S/C14H18N2O4/c1-14(2,7-12(18)19)6-11(17)8-3-4-9-10(5-8)16-13(20)15-9/h3-5,11,17H,6-7H2,1-2H3,(H,18,19)(H2,15,16,20). The van der Waals surface area contributed by atoms with Crippen molar-refractivity contribution in [3.8, 4) is 0 Å². The first-order valence-corrected chi connectivity index (χ1v) is 6.39. The van der Waals surface area contributed by atoms with Gasteiger partial charge in [-0.15, -0.1) is 0 Å². The Morgan fingerprint density at radius 2 is 1.95 bits per heavy atom. The highest BCUT2D eigenvalue weighted by molar-refractivity contribution is 5.75. The van der Waals surface area contributed by atoms with Gasteiger partial charge in [-0.05, 0) is 29.5 Å². The van der Waals surface area contributed by atoms with Gasteiger partial charge >= 0.3 is 11.7 Å². The molecule has 0 saturated carbocycles. The molecule has 2 aromatic rings. The van der Waals surface area contributed by atoms with Crippen LogP contribution in [-0.2, 0) is 4.79 Å². The van der Waals surface area contributed by atoms with E-state index in [-0.39, 0.29) is 12.1 Å². The number of carboxylic acids is 1. The van der Waals surface area contributed by atoms with E-state index in [1.54, 1.807) is 32.0 Å². The zero-order chi connectivity index (χ0) is 14.9. The van der Waals surface area contributed by atoms with Gasteiger partial charge < -0.3 is 20.2 Å². The summed E-state index contributed by atoms with van der Waals surface area (Å²) in [6.07, 6.45) is -0.445. The molecule has 1 aromatic carbocycles. The molecule has 1 heterocycles. The van der Waals surface area contributed by atoms with Gasteiger partial charge in [-0.25, -0.2) is 4.79 Å². The van der Waals surface area contributed by atoms with E-state index in [4.69, 9.17) is 5.11 Å². The van der Waals surface area contributed by atoms with Gasteiger partial charge in [-0.3, -0.25) is 4.79 Å². The summed E-state index contributed by atoms with van der Waals surface area (Å²) < 4.78 is 0. The van der Waals surface area contributed by atoms with E-state index >= 15 is 0 Å². The first-order valence-electron chi connectivity index (χ1n) is 6.39. The van der Waals surface area contributed by atoms with Crippen LogP contribution in [0.3, 0.4) is 0 Å². The van der Waals surface area contributed by atoms with Crippen molar-refractivity contribution in [3.63, 3.8) is 0 Å². The van der Waals surface area contributed by atoms with Crippen molar-refractivity contribution in [1.82, 2.24) is 9.97 Å². The second-order valence-corrected chi connectivity index (χ2v) is 5.84. The Balaban J connectivity index is 2.20. The molecule has 0 aliphatic heterocycles. The smallest absolute Gasteiger partial charge is 0.323 e.